The van der Waals surface area contributed by atoms with Crippen LogP contribution in [0.2, 0.25) is 0 Å². The Balaban J connectivity index is 1.55. The van der Waals surface area contributed by atoms with Gasteiger partial charge in [-0.3, -0.25) is 9.69 Å². The normalized spacial score (nSPS) is 73.0. The van der Waals surface area contributed by atoms with Gasteiger partial charge in [-0.1, -0.05) is 19.1 Å². The van der Waals surface area contributed by atoms with Crippen LogP contribution < -0.4 is 0 Å². The van der Waals surface area contributed by atoms with Gasteiger partial charge in [-0.2, -0.15) is 0 Å². The number of carbonyl (C=O) groups is 1. The minimum absolute atomic E-state index is 0.00979. The fourth-order valence-corrected chi connectivity index (χ4v) is 10.4. The maximum Gasteiger partial charge on any atom is 0.134 e. The Hall–Kier alpha value is -0.710. The maximum atomic E-state index is 12.8. The molecule has 9 aliphatic rings. The number of hydrogen-bond donors (Lipinski definition) is 2. The van der Waals surface area contributed by atoms with Gasteiger partial charge in [0, 0.05) is 48.7 Å². The van der Waals surface area contributed by atoms with E-state index >= 15 is 0 Å². The molecule has 24 heavy (non-hydrogen) atoms. The Morgan fingerprint density at radius 3 is 2.75 bits per heavy atom. The van der Waals surface area contributed by atoms with E-state index < -0.39 is 12.2 Å². The second-order valence-electron chi connectivity index (χ2n) is 10.6. The average Bonchev–Trinajstić information content (AvgIpc) is 2.88. The molecular formula is C20H25NO3. The molecule has 3 aliphatic heterocycles. The van der Waals surface area contributed by atoms with E-state index in [1.165, 1.54) is 0 Å². The van der Waals surface area contributed by atoms with Gasteiger partial charge in [-0.15, -0.1) is 0 Å². The van der Waals surface area contributed by atoms with Gasteiger partial charge in [-0.05, 0) is 35.5 Å². The van der Waals surface area contributed by atoms with Crippen LogP contribution in [0.15, 0.2) is 12.2 Å². The minimum Gasteiger partial charge on any atom is -0.392 e. The number of rotatable bonds is 0. The lowest BCUT2D eigenvalue weighted by Gasteiger charge is -2.65. The van der Waals surface area contributed by atoms with Gasteiger partial charge in [0.25, 0.3) is 0 Å². The van der Waals surface area contributed by atoms with Crippen molar-refractivity contribution in [3.63, 3.8) is 0 Å². The molecule has 9 rings (SSSR count). The fourth-order valence-electron chi connectivity index (χ4n) is 10.4. The first-order valence-corrected chi connectivity index (χ1v) is 9.66. The summed E-state index contributed by atoms with van der Waals surface area (Å²) in [6, 6.07) is 0.897. The Labute approximate surface area is 141 Å². The van der Waals surface area contributed by atoms with E-state index in [-0.39, 0.29) is 34.0 Å². The van der Waals surface area contributed by atoms with Crippen LogP contribution in [0.5, 0.6) is 0 Å². The molecule has 4 heteroatoms. The van der Waals surface area contributed by atoms with Gasteiger partial charge in [0.1, 0.15) is 5.78 Å². The van der Waals surface area contributed by atoms with Crippen molar-refractivity contribution in [1.82, 2.24) is 4.90 Å². The predicted molar refractivity (Wildman–Crippen MR) is 85.8 cm³/mol. The molecule has 128 valence electrons. The van der Waals surface area contributed by atoms with Crippen LogP contribution in [0.4, 0.5) is 0 Å². The van der Waals surface area contributed by atoms with E-state index in [4.69, 9.17) is 0 Å². The second kappa shape index (κ2) is 3.30. The van der Waals surface area contributed by atoms with E-state index in [2.05, 4.69) is 18.4 Å². The third-order valence-corrected chi connectivity index (χ3v) is 9.96. The molecule has 0 aromatic heterocycles. The zero-order chi connectivity index (χ0) is 16.4. The van der Waals surface area contributed by atoms with Crippen molar-refractivity contribution in [3.05, 3.63) is 12.2 Å². The number of carbonyl (C=O) groups excluding carboxylic acids is 1. The van der Waals surface area contributed by atoms with Crippen LogP contribution in [0.1, 0.15) is 32.6 Å². The molecule has 0 amide bonds. The summed E-state index contributed by atoms with van der Waals surface area (Å²) in [6.45, 7) is 7.58. The number of piperidine rings is 2. The van der Waals surface area contributed by atoms with Gasteiger partial charge in [0.15, 0.2) is 0 Å². The molecule has 4 nitrogen and oxygen atoms in total. The fraction of sp³-hybridized carbons (Fsp3) is 0.850. The standard InChI is InChI=1S/C20H25NO3/c1-8-3-19-6-10-15-18(2)4-9(22)5-20(15)16(19)14(24)11(8)13(23)12(19)17(20)21(10)7-18/h10-17,23-24H,1,3-7H2,2H3/t10-,11-,12+,13+,14-,15+,16+,17+,18+,19-,20-/m0/s1. The Kier molecular flexibility index (Phi) is 1.86. The highest BCUT2D eigenvalue weighted by atomic mass is 16.3. The number of aliphatic hydroxyl groups is 2. The number of Topliss-reactive ketones (excluding diaryl/α,β-unsaturated/α-hetero) is 1. The van der Waals surface area contributed by atoms with Crippen molar-refractivity contribution in [2.24, 2.45) is 39.9 Å². The highest BCUT2D eigenvalue weighted by molar-refractivity contribution is 5.82. The predicted octanol–water partition coefficient (Wildman–Crippen LogP) is 0.972. The molecule has 9 fully saturated rings. The quantitative estimate of drug-likeness (QED) is 0.651. The Bertz CT molecular complexity index is 749. The molecule has 12 atom stereocenters. The summed E-state index contributed by atoms with van der Waals surface area (Å²) in [6.07, 6.45) is 2.48. The van der Waals surface area contributed by atoms with Gasteiger partial charge < -0.3 is 10.2 Å². The van der Waals surface area contributed by atoms with Crippen molar-refractivity contribution < 1.29 is 15.0 Å². The van der Waals surface area contributed by atoms with Crippen molar-refractivity contribution in [2.45, 2.75) is 56.9 Å². The first-order chi connectivity index (χ1) is 11.4. The summed E-state index contributed by atoms with van der Waals surface area (Å²) >= 11 is 0. The number of ketones is 1. The molecule has 6 saturated carbocycles. The van der Waals surface area contributed by atoms with E-state index in [0.29, 0.717) is 30.2 Å². The lowest BCUT2D eigenvalue weighted by molar-refractivity contribution is -0.207. The maximum absolute atomic E-state index is 12.8. The molecule has 3 saturated heterocycles. The molecule has 2 N–H and O–H groups in total. The third kappa shape index (κ3) is 0.945. The first kappa shape index (κ1) is 13.5. The summed E-state index contributed by atoms with van der Waals surface area (Å²) in [5.41, 5.74) is 1.10. The van der Waals surface area contributed by atoms with Crippen molar-refractivity contribution >= 4 is 5.78 Å². The molecule has 6 aliphatic carbocycles. The van der Waals surface area contributed by atoms with Crippen LogP contribution in [0.25, 0.3) is 0 Å². The largest absolute Gasteiger partial charge is 0.392 e. The third-order valence-electron chi connectivity index (χ3n) is 9.96. The van der Waals surface area contributed by atoms with Crippen LogP contribution in [0.3, 0.4) is 0 Å². The molecule has 3 heterocycles. The Morgan fingerprint density at radius 2 is 1.96 bits per heavy atom. The van der Waals surface area contributed by atoms with E-state index in [1.54, 1.807) is 0 Å². The summed E-state index contributed by atoms with van der Waals surface area (Å²) in [4.78, 5) is 15.5. The summed E-state index contributed by atoms with van der Waals surface area (Å²) < 4.78 is 0. The molecule has 0 radical (unpaired) electrons. The zero-order valence-corrected chi connectivity index (χ0v) is 14.1. The zero-order valence-electron chi connectivity index (χ0n) is 14.1. The molecule has 1 unspecified atom stereocenters. The van der Waals surface area contributed by atoms with E-state index in [0.717, 1.165) is 31.4 Å². The van der Waals surface area contributed by atoms with Gasteiger partial charge in [-0.25, -0.2) is 0 Å². The minimum atomic E-state index is -0.501. The highest BCUT2D eigenvalue weighted by Crippen LogP contribution is 2.86. The van der Waals surface area contributed by atoms with Gasteiger partial charge in [0.2, 0.25) is 0 Å². The Morgan fingerprint density at radius 1 is 1.17 bits per heavy atom. The number of nitrogens with zero attached hydrogens (tertiary/aromatic N) is 1. The monoisotopic (exact) mass is 327 g/mol. The van der Waals surface area contributed by atoms with Crippen LogP contribution in [-0.2, 0) is 4.79 Å². The summed E-state index contributed by atoms with van der Waals surface area (Å²) in [7, 11) is 0. The summed E-state index contributed by atoms with van der Waals surface area (Å²) in [5.74, 6) is 1.23. The topological polar surface area (TPSA) is 60.8 Å². The molecule has 2 spiro atoms. The molecule has 9 bridgehead atoms. The first-order valence-electron chi connectivity index (χ1n) is 9.66. The van der Waals surface area contributed by atoms with E-state index in [9.17, 15) is 15.0 Å². The van der Waals surface area contributed by atoms with Crippen molar-refractivity contribution in [3.8, 4) is 0 Å². The SMILES string of the molecule is C=C1C[C@@]23C[C@H]4[C@@H]5[C@]6(C)CC(=O)C[C@@]57[C@@H]2[C@@H](O)[C@@H]1[C@@H](O)[C@@H]3[C@H]7N4C6. The smallest absolute Gasteiger partial charge is 0.134 e. The molecular weight excluding hydrogens is 302 g/mol. The number of fused-ring (bicyclic) bond motifs is 1. The lowest BCUT2D eigenvalue weighted by atomic mass is 9.40. The van der Waals surface area contributed by atoms with Crippen LogP contribution in [-0.4, -0.2) is 51.7 Å². The number of aliphatic hydroxyl groups excluding tert-OH is 2. The lowest BCUT2D eigenvalue weighted by Crippen LogP contribution is -2.67. The second-order valence-corrected chi connectivity index (χ2v) is 10.6. The van der Waals surface area contributed by atoms with Crippen LogP contribution in [0, 0.1) is 39.9 Å². The molecule has 0 aromatic rings. The van der Waals surface area contributed by atoms with Gasteiger partial charge >= 0.3 is 0 Å². The van der Waals surface area contributed by atoms with Crippen LogP contribution >= 0.6 is 0 Å². The van der Waals surface area contributed by atoms with Gasteiger partial charge in [0.05, 0.1) is 12.2 Å². The number of hydrogen-bond acceptors (Lipinski definition) is 4. The van der Waals surface area contributed by atoms with Crippen molar-refractivity contribution in [2.75, 3.05) is 6.54 Å². The van der Waals surface area contributed by atoms with E-state index in [1.807, 2.05) is 0 Å². The summed E-state index contributed by atoms with van der Waals surface area (Å²) in [5, 5.41) is 22.5. The average molecular weight is 327 g/mol. The highest BCUT2D eigenvalue weighted by Gasteiger charge is 2.90. The van der Waals surface area contributed by atoms with Crippen molar-refractivity contribution in [1.29, 1.82) is 0 Å². The molecule has 0 aromatic carbocycles.